The Balaban J connectivity index is 2.83. The SMILES string of the molecule is CC(C)(CNS(=O)(=O)c1ccnc(N)c1)NS(C)(=O)=O. The second-order valence-corrected chi connectivity index (χ2v) is 8.51. The summed E-state index contributed by atoms with van der Waals surface area (Å²) in [6.45, 7) is 3.03. The van der Waals surface area contributed by atoms with Gasteiger partial charge in [-0.1, -0.05) is 0 Å². The fraction of sp³-hybridized carbons (Fsp3) is 0.500. The summed E-state index contributed by atoms with van der Waals surface area (Å²) in [5.74, 6) is 0.0846. The van der Waals surface area contributed by atoms with Crippen molar-refractivity contribution in [2.75, 3.05) is 18.5 Å². The van der Waals surface area contributed by atoms with Gasteiger partial charge in [0.2, 0.25) is 20.0 Å². The van der Waals surface area contributed by atoms with E-state index in [4.69, 9.17) is 5.73 Å². The molecule has 20 heavy (non-hydrogen) atoms. The Morgan fingerprint density at radius 3 is 2.40 bits per heavy atom. The molecule has 1 heterocycles. The Hall–Kier alpha value is -1.23. The van der Waals surface area contributed by atoms with Gasteiger partial charge in [0.25, 0.3) is 0 Å². The number of sulfonamides is 2. The maximum Gasteiger partial charge on any atom is 0.240 e. The Labute approximate surface area is 118 Å². The molecule has 1 rings (SSSR count). The van der Waals surface area contributed by atoms with Crippen molar-refractivity contribution >= 4 is 25.9 Å². The smallest absolute Gasteiger partial charge is 0.240 e. The van der Waals surface area contributed by atoms with Crippen LogP contribution in [-0.2, 0) is 20.0 Å². The summed E-state index contributed by atoms with van der Waals surface area (Å²) < 4.78 is 51.1. The summed E-state index contributed by atoms with van der Waals surface area (Å²) in [6.07, 6.45) is 2.29. The maximum absolute atomic E-state index is 12.0. The molecule has 0 aliphatic carbocycles. The van der Waals surface area contributed by atoms with Crippen LogP contribution in [-0.4, -0.2) is 40.2 Å². The molecule has 0 spiro atoms. The van der Waals surface area contributed by atoms with E-state index in [2.05, 4.69) is 14.4 Å². The molecule has 10 heteroatoms. The van der Waals surface area contributed by atoms with Gasteiger partial charge in [0.05, 0.1) is 11.2 Å². The van der Waals surface area contributed by atoms with Crippen molar-refractivity contribution in [1.29, 1.82) is 0 Å². The lowest BCUT2D eigenvalue weighted by Crippen LogP contribution is -2.50. The van der Waals surface area contributed by atoms with Gasteiger partial charge >= 0.3 is 0 Å². The third kappa shape index (κ3) is 5.41. The van der Waals surface area contributed by atoms with Crippen molar-refractivity contribution in [2.24, 2.45) is 0 Å². The summed E-state index contributed by atoms with van der Waals surface area (Å²) >= 11 is 0. The zero-order valence-corrected chi connectivity index (χ0v) is 13.0. The highest BCUT2D eigenvalue weighted by Crippen LogP contribution is 2.11. The van der Waals surface area contributed by atoms with E-state index in [0.29, 0.717) is 0 Å². The van der Waals surface area contributed by atoms with Crippen LogP contribution >= 0.6 is 0 Å². The summed E-state index contributed by atoms with van der Waals surface area (Å²) in [5.41, 5.74) is 4.47. The largest absolute Gasteiger partial charge is 0.384 e. The van der Waals surface area contributed by atoms with Gasteiger partial charge in [-0.05, 0) is 19.9 Å². The molecule has 1 aromatic rings. The van der Waals surface area contributed by atoms with E-state index in [1.165, 1.54) is 18.3 Å². The Morgan fingerprint density at radius 2 is 1.90 bits per heavy atom. The van der Waals surface area contributed by atoms with E-state index in [1.807, 2.05) is 0 Å². The minimum absolute atomic E-state index is 0.0276. The molecule has 0 fully saturated rings. The topological polar surface area (TPSA) is 131 Å². The molecular formula is C10H18N4O4S2. The van der Waals surface area contributed by atoms with Crippen LogP contribution in [0.25, 0.3) is 0 Å². The summed E-state index contributed by atoms with van der Waals surface area (Å²) in [6, 6.07) is 2.52. The molecule has 0 saturated heterocycles. The molecule has 0 radical (unpaired) electrons. The number of nitrogens with two attached hydrogens (primary N) is 1. The fourth-order valence-electron chi connectivity index (χ4n) is 1.49. The van der Waals surface area contributed by atoms with Gasteiger partial charge in [-0.2, -0.15) is 0 Å². The summed E-state index contributed by atoms with van der Waals surface area (Å²) in [4.78, 5) is 3.68. The lowest BCUT2D eigenvalue weighted by atomic mass is 10.1. The maximum atomic E-state index is 12.0. The van der Waals surface area contributed by atoms with Gasteiger partial charge in [-0.25, -0.2) is 31.3 Å². The summed E-state index contributed by atoms with van der Waals surface area (Å²) in [7, 11) is -7.21. The number of nitrogens with one attached hydrogen (secondary N) is 2. The van der Waals surface area contributed by atoms with E-state index >= 15 is 0 Å². The predicted molar refractivity (Wildman–Crippen MR) is 75.9 cm³/mol. The molecule has 0 atom stereocenters. The normalized spacial score (nSPS) is 13.3. The first-order valence-electron chi connectivity index (χ1n) is 5.61. The van der Waals surface area contributed by atoms with Crippen LogP contribution in [0.5, 0.6) is 0 Å². The van der Waals surface area contributed by atoms with Crippen LogP contribution in [0, 0.1) is 0 Å². The second kappa shape index (κ2) is 5.64. The summed E-state index contributed by atoms with van der Waals surface area (Å²) in [5, 5.41) is 0. The number of hydrogen-bond donors (Lipinski definition) is 3. The average molecular weight is 322 g/mol. The lowest BCUT2D eigenvalue weighted by molar-refractivity contribution is 0.446. The number of pyridine rings is 1. The Morgan fingerprint density at radius 1 is 1.30 bits per heavy atom. The van der Waals surface area contributed by atoms with Crippen LogP contribution in [0.1, 0.15) is 13.8 Å². The van der Waals surface area contributed by atoms with Crippen LogP contribution in [0.2, 0.25) is 0 Å². The van der Waals surface area contributed by atoms with Gasteiger partial charge in [0, 0.05) is 24.3 Å². The fourth-order valence-corrected chi connectivity index (χ4v) is 3.80. The van der Waals surface area contributed by atoms with E-state index in [1.54, 1.807) is 13.8 Å². The molecule has 0 unspecified atom stereocenters. The highest BCUT2D eigenvalue weighted by atomic mass is 32.2. The van der Waals surface area contributed by atoms with Gasteiger partial charge in [-0.3, -0.25) is 0 Å². The molecule has 0 aliphatic rings. The predicted octanol–water partition coefficient (Wildman–Crippen LogP) is -0.730. The van der Waals surface area contributed by atoms with E-state index in [0.717, 1.165) is 6.26 Å². The van der Waals surface area contributed by atoms with Crippen molar-refractivity contribution in [2.45, 2.75) is 24.3 Å². The van der Waals surface area contributed by atoms with Crippen LogP contribution in [0.4, 0.5) is 5.82 Å². The molecule has 0 saturated carbocycles. The van der Waals surface area contributed by atoms with E-state index in [9.17, 15) is 16.8 Å². The Kier molecular flexibility index (Phi) is 4.74. The van der Waals surface area contributed by atoms with Crippen LogP contribution in [0.3, 0.4) is 0 Å². The molecule has 0 amide bonds. The van der Waals surface area contributed by atoms with Crippen molar-refractivity contribution < 1.29 is 16.8 Å². The molecular weight excluding hydrogens is 304 g/mol. The number of aromatic nitrogens is 1. The first-order chi connectivity index (χ1) is 8.91. The number of rotatable bonds is 6. The monoisotopic (exact) mass is 322 g/mol. The zero-order chi connectivity index (χ0) is 15.6. The number of nitrogens with zero attached hydrogens (tertiary/aromatic N) is 1. The molecule has 8 nitrogen and oxygen atoms in total. The number of hydrogen-bond acceptors (Lipinski definition) is 6. The zero-order valence-electron chi connectivity index (χ0n) is 11.4. The van der Waals surface area contributed by atoms with Gasteiger partial charge in [0.1, 0.15) is 5.82 Å². The highest BCUT2D eigenvalue weighted by Gasteiger charge is 2.25. The van der Waals surface area contributed by atoms with Gasteiger partial charge in [-0.15, -0.1) is 0 Å². The highest BCUT2D eigenvalue weighted by molar-refractivity contribution is 7.89. The second-order valence-electron chi connectivity index (χ2n) is 5.00. The van der Waals surface area contributed by atoms with Crippen LogP contribution in [0.15, 0.2) is 23.2 Å². The molecule has 1 aromatic heterocycles. The van der Waals surface area contributed by atoms with Crippen molar-refractivity contribution in [3.63, 3.8) is 0 Å². The number of nitrogen functional groups attached to an aromatic ring is 1. The first kappa shape index (κ1) is 16.8. The molecule has 4 N–H and O–H groups in total. The van der Waals surface area contributed by atoms with Crippen LogP contribution < -0.4 is 15.2 Å². The third-order valence-electron chi connectivity index (χ3n) is 2.23. The average Bonchev–Trinajstić information content (AvgIpc) is 2.24. The lowest BCUT2D eigenvalue weighted by Gasteiger charge is -2.25. The van der Waals surface area contributed by atoms with E-state index < -0.39 is 25.6 Å². The minimum Gasteiger partial charge on any atom is -0.384 e. The minimum atomic E-state index is -3.78. The van der Waals surface area contributed by atoms with Gasteiger partial charge in [0.15, 0.2) is 0 Å². The van der Waals surface area contributed by atoms with Crippen molar-refractivity contribution in [3.05, 3.63) is 18.3 Å². The standard InChI is InChI=1S/C10H18N4O4S2/c1-10(2,14-19(3,15)16)7-13-20(17,18)8-4-5-12-9(11)6-8/h4-6,13-14H,7H2,1-3H3,(H2,11,12). The molecule has 0 aromatic carbocycles. The molecule has 114 valence electrons. The molecule has 0 bridgehead atoms. The third-order valence-corrected chi connectivity index (χ3v) is 4.55. The quantitative estimate of drug-likeness (QED) is 0.633. The van der Waals surface area contributed by atoms with Crippen molar-refractivity contribution in [1.82, 2.24) is 14.4 Å². The molecule has 0 aliphatic heterocycles. The first-order valence-corrected chi connectivity index (χ1v) is 8.99. The Bertz CT molecular complexity index is 683. The number of anilines is 1. The van der Waals surface area contributed by atoms with Crippen molar-refractivity contribution in [3.8, 4) is 0 Å². The van der Waals surface area contributed by atoms with Gasteiger partial charge < -0.3 is 5.73 Å². The van der Waals surface area contributed by atoms with E-state index in [-0.39, 0.29) is 17.3 Å².